The van der Waals surface area contributed by atoms with Crippen LogP contribution in [0.2, 0.25) is 0 Å². The number of rotatable bonds is 3. The van der Waals surface area contributed by atoms with Crippen LogP contribution in [0.15, 0.2) is 0 Å². The zero-order valence-electron chi connectivity index (χ0n) is 10.4. The summed E-state index contributed by atoms with van der Waals surface area (Å²) in [6, 6.07) is 0.394. The van der Waals surface area contributed by atoms with Gasteiger partial charge in [0.25, 0.3) is 0 Å². The molecule has 92 valence electrons. The van der Waals surface area contributed by atoms with Gasteiger partial charge in [0.15, 0.2) is 0 Å². The molecule has 1 aliphatic carbocycles. The van der Waals surface area contributed by atoms with E-state index in [1.165, 1.54) is 19.3 Å². The zero-order chi connectivity index (χ0) is 11.6. The van der Waals surface area contributed by atoms with E-state index in [-0.39, 0.29) is 11.3 Å². The molecule has 3 heteroatoms. The summed E-state index contributed by atoms with van der Waals surface area (Å²) in [4.78, 5) is 12.2. The molecule has 0 aromatic heterocycles. The second-order valence-electron chi connectivity index (χ2n) is 5.47. The lowest BCUT2D eigenvalue weighted by Crippen LogP contribution is -2.56. The van der Waals surface area contributed by atoms with E-state index in [9.17, 15) is 4.79 Å². The van der Waals surface area contributed by atoms with Gasteiger partial charge >= 0.3 is 0 Å². The Bertz CT molecular complexity index is 255. The number of ether oxygens (including phenoxy) is 1. The minimum atomic E-state index is -0.211. The van der Waals surface area contributed by atoms with Gasteiger partial charge in [-0.1, -0.05) is 26.7 Å². The third kappa shape index (κ3) is 2.10. The van der Waals surface area contributed by atoms with Crippen molar-refractivity contribution < 1.29 is 9.53 Å². The average molecular weight is 225 g/mol. The van der Waals surface area contributed by atoms with Crippen molar-refractivity contribution in [3.8, 4) is 0 Å². The Kier molecular flexibility index (Phi) is 3.53. The maximum Gasteiger partial charge on any atom is 0.231 e. The SMILES string of the molecule is CCC1(C(=O)NC2CCCCC2C)COC1. The van der Waals surface area contributed by atoms with Gasteiger partial charge in [-0.2, -0.15) is 0 Å². The maximum absolute atomic E-state index is 12.2. The molecule has 2 fully saturated rings. The van der Waals surface area contributed by atoms with E-state index < -0.39 is 0 Å². The normalized spacial score (nSPS) is 32.9. The molecule has 2 atom stereocenters. The number of carbonyl (C=O) groups excluding carboxylic acids is 1. The predicted octanol–water partition coefficient (Wildman–Crippen LogP) is 2.11. The molecule has 2 aliphatic rings. The number of amides is 1. The molecule has 1 saturated heterocycles. The maximum atomic E-state index is 12.2. The standard InChI is InChI=1S/C13H23NO2/c1-3-13(8-16-9-13)12(15)14-11-7-5-4-6-10(11)2/h10-11H,3-9H2,1-2H3,(H,14,15). The molecule has 2 unspecified atom stereocenters. The van der Waals surface area contributed by atoms with Gasteiger partial charge in [-0.15, -0.1) is 0 Å². The molecule has 16 heavy (non-hydrogen) atoms. The van der Waals surface area contributed by atoms with Gasteiger partial charge in [0.2, 0.25) is 5.91 Å². The van der Waals surface area contributed by atoms with E-state index >= 15 is 0 Å². The minimum Gasteiger partial charge on any atom is -0.379 e. The first-order chi connectivity index (χ1) is 7.68. The van der Waals surface area contributed by atoms with Crippen molar-refractivity contribution in [3.63, 3.8) is 0 Å². The van der Waals surface area contributed by atoms with E-state index in [0.717, 1.165) is 12.8 Å². The molecule has 3 nitrogen and oxygen atoms in total. The second-order valence-corrected chi connectivity index (χ2v) is 5.47. The molecular weight excluding hydrogens is 202 g/mol. The quantitative estimate of drug-likeness (QED) is 0.799. The third-order valence-corrected chi connectivity index (χ3v) is 4.34. The summed E-state index contributed by atoms with van der Waals surface area (Å²) in [7, 11) is 0. The first kappa shape index (κ1) is 11.9. The van der Waals surface area contributed by atoms with Crippen molar-refractivity contribution in [2.45, 2.75) is 52.0 Å². The van der Waals surface area contributed by atoms with Crippen LogP contribution in [0.3, 0.4) is 0 Å². The van der Waals surface area contributed by atoms with Crippen LogP contribution in [0.1, 0.15) is 46.0 Å². The first-order valence-electron chi connectivity index (χ1n) is 6.57. The Morgan fingerprint density at radius 3 is 2.56 bits per heavy atom. The second kappa shape index (κ2) is 4.74. The van der Waals surface area contributed by atoms with Crippen LogP contribution in [-0.4, -0.2) is 25.2 Å². The zero-order valence-corrected chi connectivity index (χ0v) is 10.4. The lowest BCUT2D eigenvalue weighted by molar-refractivity contribution is -0.163. The van der Waals surface area contributed by atoms with Crippen LogP contribution in [0.5, 0.6) is 0 Å². The van der Waals surface area contributed by atoms with Gasteiger partial charge < -0.3 is 10.1 Å². The summed E-state index contributed by atoms with van der Waals surface area (Å²) < 4.78 is 5.21. The van der Waals surface area contributed by atoms with Crippen LogP contribution in [-0.2, 0) is 9.53 Å². The molecule has 0 aromatic rings. The summed E-state index contributed by atoms with van der Waals surface area (Å²) >= 11 is 0. The van der Waals surface area contributed by atoms with Crippen molar-refractivity contribution in [1.29, 1.82) is 0 Å². The fourth-order valence-electron chi connectivity index (χ4n) is 2.70. The van der Waals surface area contributed by atoms with Gasteiger partial charge in [0.05, 0.1) is 18.6 Å². The Morgan fingerprint density at radius 2 is 2.06 bits per heavy atom. The molecule has 1 N–H and O–H groups in total. The predicted molar refractivity (Wildman–Crippen MR) is 63.1 cm³/mol. The number of carbonyl (C=O) groups is 1. The lowest BCUT2D eigenvalue weighted by atomic mass is 9.80. The largest absolute Gasteiger partial charge is 0.379 e. The Hall–Kier alpha value is -0.570. The van der Waals surface area contributed by atoms with Gasteiger partial charge in [-0.25, -0.2) is 0 Å². The molecule has 1 aliphatic heterocycles. The molecule has 1 amide bonds. The smallest absolute Gasteiger partial charge is 0.231 e. The molecule has 0 spiro atoms. The number of nitrogens with one attached hydrogen (secondary N) is 1. The molecule has 1 heterocycles. The van der Waals surface area contributed by atoms with E-state index in [1.807, 2.05) is 0 Å². The van der Waals surface area contributed by atoms with Crippen LogP contribution in [0.25, 0.3) is 0 Å². The highest BCUT2D eigenvalue weighted by molar-refractivity contribution is 5.84. The Morgan fingerprint density at radius 1 is 1.38 bits per heavy atom. The molecule has 0 radical (unpaired) electrons. The highest BCUT2D eigenvalue weighted by Crippen LogP contribution is 2.32. The summed E-state index contributed by atoms with van der Waals surface area (Å²) in [5, 5.41) is 3.24. The molecule has 2 rings (SSSR count). The molecule has 0 bridgehead atoms. The van der Waals surface area contributed by atoms with Crippen LogP contribution in [0.4, 0.5) is 0 Å². The van der Waals surface area contributed by atoms with Gasteiger partial charge in [-0.05, 0) is 25.2 Å². The summed E-state index contributed by atoms with van der Waals surface area (Å²) in [5.74, 6) is 0.854. The van der Waals surface area contributed by atoms with Crippen molar-refractivity contribution in [2.75, 3.05) is 13.2 Å². The average Bonchev–Trinajstić information content (AvgIpc) is 2.21. The van der Waals surface area contributed by atoms with E-state index in [4.69, 9.17) is 4.74 Å². The summed E-state index contributed by atoms with van der Waals surface area (Å²) in [6.45, 7) is 5.54. The fraction of sp³-hybridized carbons (Fsp3) is 0.923. The van der Waals surface area contributed by atoms with E-state index in [1.54, 1.807) is 0 Å². The molecular formula is C13H23NO2. The van der Waals surface area contributed by atoms with E-state index in [2.05, 4.69) is 19.2 Å². The minimum absolute atomic E-state index is 0.211. The fourth-order valence-corrected chi connectivity index (χ4v) is 2.70. The third-order valence-electron chi connectivity index (χ3n) is 4.34. The van der Waals surface area contributed by atoms with Crippen molar-refractivity contribution in [1.82, 2.24) is 5.32 Å². The highest BCUT2D eigenvalue weighted by Gasteiger charge is 2.45. The topological polar surface area (TPSA) is 38.3 Å². The van der Waals surface area contributed by atoms with Gasteiger partial charge in [-0.3, -0.25) is 4.79 Å². The first-order valence-corrected chi connectivity index (χ1v) is 6.57. The van der Waals surface area contributed by atoms with Crippen LogP contribution < -0.4 is 5.32 Å². The monoisotopic (exact) mass is 225 g/mol. The number of hydrogen-bond donors (Lipinski definition) is 1. The van der Waals surface area contributed by atoms with Crippen molar-refractivity contribution in [2.24, 2.45) is 11.3 Å². The molecule has 1 saturated carbocycles. The van der Waals surface area contributed by atoms with Crippen LogP contribution >= 0.6 is 0 Å². The van der Waals surface area contributed by atoms with Gasteiger partial charge in [0.1, 0.15) is 0 Å². The summed E-state index contributed by atoms with van der Waals surface area (Å²) in [6.07, 6.45) is 5.86. The van der Waals surface area contributed by atoms with E-state index in [0.29, 0.717) is 25.2 Å². The highest BCUT2D eigenvalue weighted by atomic mass is 16.5. The summed E-state index contributed by atoms with van der Waals surface area (Å²) in [5.41, 5.74) is -0.211. The van der Waals surface area contributed by atoms with Crippen molar-refractivity contribution >= 4 is 5.91 Å². The van der Waals surface area contributed by atoms with Crippen molar-refractivity contribution in [3.05, 3.63) is 0 Å². The van der Waals surface area contributed by atoms with Crippen LogP contribution in [0, 0.1) is 11.3 Å². The molecule has 0 aromatic carbocycles. The van der Waals surface area contributed by atoms with Gasteiger partial charge in [0, 0.05) is 6.04 Å². The Labute approximate surface area is 97.9 Å². The Balaban J connectivity index is 1.90. The number of hydrogen-bond acceptors (Lipinski definition) is 2. The lowest BCUT2D eigenvalue weighted by Gasteiger charge is -2.41.